The predicted octanol–water partition coefficient (Wildman–Crippen LogP) is 1.88. The smallest absolute Gasteiger partial charge is 0.412 e. The summed E-state index contributed by atoms with van der Waals surface area (Å²) in [6, 6.07) is 16.4. The van der Waals surface area contributed by atoms with Gasteiger partial charge < -0.3 is 20.7 Å². The van der Waals surface area contributed by atoms with Gasteiger partial charge in [0.1, 0.15) is 6.61 Å². The molecule has 1 fully saturated rings. The van der Waals surface area contributed by atoms with Gasteiger partial charge in [0.25, 0.3) is 11.8 Å². The van der Waals surface area contributed by atoms with Gasteiger partial charge in [-0.15, -0.1) is 0 Å². The molecule has 1 heterocycles. The highest BCUT2D eigenvalue weighted by molar-refractivity contribution is 5.98. The SMILES string of the molecule is Cc1ccc(C(=O)N2CCCN(C(=O)OCc3ccccc3)C2C(=O)NCCN)cc1. The summed E-state index contributed by atoms with van der Waals surface area (Å²) in [7, 11) is 0. The van der Waals surface area contributed by atoms with E-state index >= 15 is 0 Å². The van der Waals surface area contributed by atoms with Crippen molar-refractivity contribution in [1.29, 1.82) is 0 Å². The van der Waals surface area contributed by atoms with Crippen LogP contribution in [0, 0.1) is 6.92 Å². The van der Waals surface area contributed by atoms with Crippen LogP contribution in [0.4, 0.5) is 4.79 Å². The lowest BCUT2D eigenvalue weighted by Crippen LogP contribution is -2.63. The van der Waals surface area contributed by atoms with Crippen molar-refractivity contribution in [2.45, 2.75) is 26.1 Å². The standard InChI is InChI=1S/C23H28N4O4/c1-17-8-10-19(11-9-17)22(29)26-14-5-15-27(21(26)20(28)25-13-12-24)23(30)31-16-18-6-3-2-4-7-18/h2-4,6-11,21H,5,12-16,24H2,1H3,(H,25,28). The molecule has 1 saturated heterocycles. The van der Waals surface area contributed by atoms with Crippen molar-refractivity contribution in [3.63, 3.8) is 0 Å². The molecule has 0 bridgehead atoms. The fourth-order valence-corrected chi connectivity index (χ4v) is 3.46. The van der Waals surface area contributed by atoms with Crippen molar-refractivity contribution in [2.75, 3.05) is 26.2 Å². The third-order valence-electron chi connectivity index (χ3n) is 5.07. The maximum absolute atomic E-state index is 13.2. The van der Waals surface area contributed by atoms with Gasteiger partial charge in [0, 0.05) is 31.7 Å². The maximum atomic E-state index is 13.2. The summed E-state index contributed by atoms with van der Waals surface area (Å²) in [5, 5.41) is 2.70. The van der Waals surface area contributed by atoms with Gasteiger partial charge in [-0.3, -0.25) is 14.5 Å². The number of carbonyl (C=O) groups excluding carboxylic acids is 3. The number of nitrogens with zero attached hydrogens (tertiary/aromatic N) is 2. The van der Waals surface area contributed by atoms with Crippen LogP contribution >= 0.6 is 0 Å². The summed E-state index contributed by atoms with van der Waals surface area (Å²) in [5.41, 5.74) is 7.84. The van der Waals surface area contributed by atoms with Crippen LogP contribution in [-0.2, 0) is 16.1 Å². The number of hydrogen-bond acceptors (Lipinski definition) is 5. The van der Waals surface area contributed by atoms with E-state index in [-0.39, 0.29) is 25.6 Å². The van der Waals surface area contributed by atoms with Crippen LogP contribution in [0.3, 0.4) is 0 Å². The first-order valence-electron chi connectivity index (χ1n) is 10.3. The third kappa shape index (κ3) is 5.61. The highest BCUT2D eigenvalue weighted by Gasteiger charge is 2.41. The van der Waals surface area contributed by atoms with Crippen LogP contribution in [0.25, 0.3) is 0 Å². The summed E-state index contributed by atoms with van der Waals surface area (Å²) in [6.07, 6.45) is -1.20. The van der Waals surface area contributed by atoms with Crippen LogP contribution in [0.1, 0.15) is 27.9 Å². The number of nitrogens with two attached hydrogens (primary N) is 1. The normalized spacial score (nSPS) is 16.0. The summed E-state index contributed by atoms with van der Waals surface area (Å²) in [5.74, 6) is -0.768. The summed E-state index contributed by atoms with van der Waals surface area (Å²) < 4.78 is 5.45. The fraction of sp³-hybridized carbons (Fsp3) is 0.348. The molecule has 1 aliphatic heterocycles. The average Bonchev–Trinajstić information content (AvgIpc) is 2.81. The van der Waals surface area contributed by atoms with E-state index in [0.29, 0.717) is 25.1 Å². The molecular formula is C23H28N4O4. The Hall–Kier alpha value is -3.39. The molecule has 8 heteroatoms. The monoisotopic (exact) mass is 424 g/mol. The van der Waals surface area contributed by atoms with E-state index < -0.39 is 18.2 Å². The van der Waals surface area contributed by atoms with Crippen LogP contribution in [0.5, 0.6) is 0 Å². The maximum Gasteiger partial charge on any atom is 0.412 e. The summed E-state index contributed by atoms with van der Waals surface area (Å²) in [6.45, 7) is 3.18. The molecular weight excluding hydrogens is 396 g/mol. The van der Waals surface area contributed by atoms with E-state index in [9.17, 15) is 14.4 Å². The molecule has 164 valence electrons. The quantitative estimate of drug-likeness (QED) is 0.737. The van der Waals surface area contributed by atoms with Gasteiger partial charge in [-0.05, 0) is 31.0 Å². The second-order valence-corrected chi connectivity index (χ2v) is 7.41. The Morgan fingerprint density at radius 2 is 1.71 bits per heavy atom. The Morgan fingerprint density at radius 3 is 2.39 bits per heavy atom. The van der Waals surface area contributed by atoms with E-state index in [2.05, 4.69) is 5.32 Å². The molecule has 2 aromatic rings. The highest BCUT2D eigenvalue weighted by Crippen LogP contribution is 2.20. The molecule has 0 aromatic heterocycles. The molecule has 0 radical (unpaired) electrons. The molecule has 0 saturated carbocycles. The molecule has 31 heavy (non-hydrogen) atoms. The van der Waals surface area contributed by atoms with Gasteiger partial charge in [0.05, 0.1) is 0 Å². The van der Waals surface area contributed by atoms with Gasteiger partial charge in [-0.1, -0.05) is 48.0 Å². The number of ether oxygens (including phenoxy) is 1. The van der Waals surface area contributed by atoms with Crippen molar-refractivity contribution in [2.24, 2.45) is 5.73 Å². The zero-order chi connectivity index (χ0) is 22.2. The number of rotatable bonds is 6. The molecule has 0 spiro atoms. The largest absolute Gasteiger partial charge is 0.444 e. The van der Waals surface area contributed by atoms with E-state index in [1.807, 2.05) is 49.4 Å². The Morgan fingerprint density at radius 1 is 1.03 bits per heavy atom. The van der Waals surface area contributed by atoms with Crippen molar-refractivity contribution < 1.29 is 19.1 Å². The van der Waals surface area contributed by atoms with Gasteiger partial charge in [-0.25, -0.2) is 4.79 Å². The third-order valence-corrected chi connectivity index (χ3v) is 5.07. The number of nitrogens with one attached hydrogen (secondary N) is 1. The lowest BCUT2D eigenvalue weighted by atomic mass is 10.1. The van der Waals surface area contributed by atoms with Crippen LogP contribution < -0.4 is 11.1 Å². The van der Waals surface area contributed by atoms with Gasteiger partial charge in [-0.2, -0.15) is 0 Å². The lowest BCUT2D eigenvalue weighted by molar-refractivity contribution is -0.133. The molecule has 1 atom stereocenters. The number of hydrogen-bond donors (Lipinski definition) is 2. The molecule has 3 rings (SSSR count). The lowest BCUT2D eigenvalue weighted by Gasteiger charge is -2.42. The Labute approximate surface area is 182 Å². The number of benzene rings is 2. The van der Waals surface area contributed by atoms with Gasteiger partial charge in [0.2, 0.25) is 0 Å². The van der Waals surface area contributed by atoms with Gasteiger partial charge in [0.15, 0.2) is 6.17 Å². The molecule has 2 aromatic carbocycles. The molecule has 8 nitrogen and oxygen atoms in total. The molecule has 1 unspecified atom stereocenters. The number of aryl methyl sites for hydroxylation is 1. The van der Waals surface area contributed by atoms with Crippen molar-refractivity contribution in [1.82, 2.24) is 15.1 Å². The Balaban J connectivity index is 1.80. The van der Waals surface area contributed by atoms with E-state index in [0.717, 1.165) is 11.1 Å². The first-order valence-corrected chi connectivity index (χ1v) is 10.3. The highest BCUT2D eigenvalue weighted by atomic mass is 16.6. The van der Waals surface area contributed by atoms with Crippen LogP contribution in [0.2, 0.25) is 0 Å². The first kappa shape index (κ1) is 22.3. The molecule has 3 N–H and O–H groups in total. The van der Waals surface area contributed by atoms with Crippen molar-refractivity contribution >= 4 is 17.9 Å². The molecule has 3 amide bonds. The second kappa shape index (κ2) is 10.6. The van der Waals surface area contributed by atoms with Gasteiger partial charge >= 0.3 is 6.09 Å². The van der Waals surface area contributed by atoms with Crippen molar-refractivity contribution in [3.8, 4) is 0 Å². The zero-order valence-corrected chi connectivity index (χ0v) is 17.6. The fourth-order valence-electron chi connectivity index (χ4n) is 3.46. The van der Waals surface area contributed by atoms with E-state index in [4.69, 9.17) is 10.5 Å². The Kier molecular flexibility index (Phi) is 7.61. The van der Waals surface area contributed by atoms with E-state index in [1.54, 1.807) is 12.1 Å². The number of amides is 3. The minimum atomic E-state index is -1.10. The summed E-state index contributed by atoms with van der Waals surface area (Å²) in [4.78, 5) is 41.7. The predicted molar refractivity (Wildman–Crippen MR) is 116 cm³/mol. The second-order valence-electron chi connectivity index (χ2n) is 7.41. The first-order chi connectivity index (χ1) is 15.0. The minimum Gasteiger partial charge on any atom is -0.444 e. The zero-order valence-electron chi connectivity index (χ0n) is 17.6. The van der Waals surface area contributed by atoms with E-state index in [1.165, 1.54) is 9.80 Å². The van der Waals surface area contributed by atoms with Crippen LogP contribution in [-0.4, -0.2) is 60.1 Å². The average molecular weight is 425 g/mol. The molecule has 1 aliphatic rings. The topological polar surface area (TPSA) is 105 Å². The van der Waals surface area contributed by atoms with Crippen molar-refractivity contribution in [3.05, 3.63) is 71.3 Å². The molecule has 0 aliphatic carbocycles. The minimum absolute atomic E-state index is 0.0826. The summed E-state index contributed by atoms with van der Waals surface area (Å²) >= 11 is 0. The van der Waals surface area contributed by atoms with Crippen LogP contribution in [0.15, 0.2) is 54.6 Å². The Bertz CT molecular complexity index is 902. The number of carbonyl (C=O) groups is 3.